The van der Waals surface area contributed by atoms with Crippen LogP contribution in [0.4, 0.5) is 0 Å². The van der Waals surface area contributed by atoms with E-state index in [0.717, 1.165) is 51.5 Å². The number of fused-ring (bicyclic) bond motifs is 12. The van der Waals surface area contributed by atoms with Crippen molar-refractivity contribution in [3.63, 3.8) is 0 Å². The zero-order valence-corrected chi connectivity index (χ0v) is 27.4. The molecular formula is C42H31N3O2S. The van der Waals surface area contributed by atoms with Gasteiger partial charge < -0.3 is 13.7 Å². The topological polar surface area (TPSA) is 44.6 Å². The standard InChI is InChI=1S/C42H31N3O2S/c1-3-28(46-2)20-25-12-15-36-31(21-25)29-8-4-6-10-35(29)44(36)27-14-17-40-33(23-27)32-22-26(13-16-39(32)47-40)41-24-34-30-9-5-7-11-37(30)45-38(18-19-43-45)42(34)48-41/h4-19,21-24,28H,3,20H2,1-2H3. The monoisotopic (exact) mass is 641 g/mol. The van der Waals surface area contributed by atoms with Gasteiger partial charge in [0.25, 0.3) is 0 Å². The molecule has 1 unspecified atom stereocenters. The molecule has 0 aliphatic carbocycles. The highest BCUT2D eigenvalue weighted by atomic mass is 32.1. The molecule has 0 N–H and O–H groups in total. The summed E-state index contributed by atoms with van der Waals surface area (Å²) in [5, 5.41) is 11.9. The number of nitrogens with zero attached hydrogens (tertiary/aromatic N) is 3. The molecule has 5 nitrogen and oxygen atoms in total. The molecular weight excluding hydrogens is 611 g/mol. The summed E-state index contributed by atoms with van der Waals surface area (Å²) < 4.78 is 17.8. The Balaban J connectivity index is 1.14. The first-order chi connectivity index (χ1) is 23.7. The van der Waals surface area contributed by atoms with Gasteiger partial charge in [-0.1, -0.05) is 49.4 Å². The van der Waals surface area contributed by atoms with Gasteiger partial charge in [0.1, 0.15) is 11.2 Å². The Morgan fingerprint density at radius 1 is 0.688 bits per heavy atom. The number of furan rings is 1. The third-order valence-corrected chi connectivity index (χ3v) is 11.2. The van der Waals surface area contributed by atoms with Crippen molar-refractivity contribution in [2.75, 3.05) is 7.11 Å². The number of thiophene rings is 1. The van der Waals surface area contributed by atoms with E-state index < -0.39 is 0 Å². The molecule has 6 heteroatoms. The Labute approximate surface area is 280 Å². The van der Waals surface area contributed by atoms with E-state index in [-0.39, 0.29) is 6.10 Å². The Morgan fingerprint density at radius 2 is 1.44 bits per heavy atom. The highest BCUT2D eigenvalue weighted by molar-refractivity contribution is 7.23. The molecule has 0 saturated heterocycles. The van der Waals surface area contributed by atoms with Gasteiger partial charge >= 0.3 is 0 Å². The quantitative estimate of drug-likeness (QED) is 0.181. The van der Waals surface area contributed by atoms with Crippen LogP contribution < -0.4 is 0 Å². The van der Waals surface area contributed by atoms with Crippen LogP contribution in [0.1, 0.15) is 18.9 Å². The van der Waals surface area contributed by atoms with Crippen LogP contribution in [0.3, 0.4) is 0 Å². The van der Waals surface area contributed by atoms with Crippen LogP contribution in [-0.4, -0.2) is 27.4 Å². The number of rotatable bonds is 6. The fourth-order valence-electron chi connectivity index (χ4n) is 7.62. The van der Waals surface area contributed by atoms with Gasteiger partial charge in [-0.15, -0.1) is 11.3 Å². The summed E-state index contributed by atoms with van der Waals surface area (Å²) in [5.74, 6) is 0. The second-order valence-corrected chi connectivity index (χ2v) is 13.7. The van der Waals surface area contributed by atoms with Gasteiger partial charge in [-0.25, -0.2) is 4.52 Å². The summed E-state index contributed by atoms with van der Waals surface area (Å²) in [6.45, 7) is 2.18. The van der Waals surface area contributed by atoms with Gasteiger partial charge in [-0.05, 0) is 96.8 Å². The SMILES string of the molecule is CCC(Cc1ccc2c(c1)c1ccccc1n2-c1ccc2oc3ccc(-c4cc5c6ccccc6n6nccc6c5s4)cc3c2c1)OC. The molecule has 1 atom stereocenters. The molecule has 0 bridgehead atoms. The average Bonchev–Trinajstić information content (AvgIpc) is 3.93. The molecule has 5 aromatic heterocycles. The molecule has 0 amide bonds. The molecule has 0 fully saturated rings. The van der Waals surface area contributed by atoms with E-state index in [9.17, 15) is 0 Å². The molecule has 5 aromatic carbocycles. The molecule has 48 heavy (non-hydrogen) atoms. The number of methoxy groups -OCH3 is 1. The summed E-state index contributed by atoms with van der Waals surface area (Å²) in [5.41, 5.74) is 10.0. The second-order valence-electron chi connectivity index (χ2n) is 12.7. The van der Waals surface area contributed by atoms with Crippen LogP contribution in [0, 0.1) is 0 Å². The zero-order valence-electron chi connectivity index (χ0n) is 26.6. The van der Waals surface area contributed by atoms with Crippen LogP contribution >= 0.6 is 11.3 Å². The summed E-state index contributed by atoms with van der Waals surface area (Å²) in [6.07, 6.45) is 4.00. The molecule has 5 heterocycles. The number of ether oxygens (including phenoxy) is 1. The lowest BCUT2D eigenvalue weighted by molar-refractivity contribution is 0.0998. The van der Waals surface area contributed by atoms with Crippen molar-refractivity contribution in [1.82, 2.24) is 14.2 Å². The predicted octanol–water partition coefficient (Wildman–Crippen LogP) is 11.3. The maximum atomic E-state index is 6.40. The van der Waals surface area contributed by atoms with E-state index in [1.807, 2.05) is 17.5 Å². The van der Waals surface area contributed by atoms with Crippen molar-refractivity contribution >= 4 is 81.6 Å². The molecule has 0 spiro atoms. The summed E-state index contributed by atoms with van der Waals surface area (Å²) in [4.78, 5) is 1.23. The second kappa shape index (κ2) is 10.5. The Hall–Kier alpha value is -5.43. The fraction of sp³-hybridized carbons (Fsp3) is 0.119. The number of pyridine rings is 1. The van der Waals surface area contributed by atoms with Crippen LogP contribution in [0.2, 0.25) is 0 Å². The summed E-state index contributed by atoms with van der Waals surface area (Å²) in [6, 6.07) is 41.7. The molecule has 232 valence electrons. The molecule has 0 aliphatic heterocycles. The Kier molecular flexibility index (Phi) is 6.07. The van der Waals surface area contributed by atoms with Crippen LogP contribution in [-0.2, 0) is 11.2 Å². The zero-order chi connectivity index (χ0) is 31.9. The fourth-order valence-corrected chi connectivity index (χ4v) is 8.80. The maximum Gasteiger partial charge on any atom is 0.135 e. The normalized spacial score (nSPS) is 13.0. The highest BCUT2D eigenvalue weighted by Gasteiger charge is 2.18. The third kappa shape index (κ3) is 4.03. The molecule has 10 rings (SSSR count). The lowest BCUT2D eigenvalue weighted by Gasteiger charge is -2.13. The summed E-state index contributed by atoms with van der Waals surface area (Å²) >= 11 is 1.82. The Morgan fingerprint density at radius 3 is 2.27 bits per heavy atom. The molecule has 0 saturated carbocycles. The van der Waals surface area contributed by atoms with Crippen molar-refractivity contribution in [2.45, 2.75) is 25.9 Å². The van der Waals surface area contributed by atoms with Crippen molar-refractivity contribution in [1.29, 1.82) is 0 Å². The van der Waals surface area contributed by atoms with Crippen molar-refractivity contribution in [3.8, 4) is 16.1 Å². The van der Waals surface area contributed by atoms with E-state index in [1.165, 1.54) is 53.3 Å². The van der Waals surface area contributed by atoms with E-state index in [1.54, 1.807) is 7.11 Å². The van der Waals surface area contributed by atoms with Crippen molar-refractivity contribution < 1.29 is 9.15 Å². The van der Waals surface area contributed by atoms with Gasteiger partial charge in [0, 0.05) is 50.0 Å². The van der Waals surface area contributed by atoms with Crippen molar-refractivity contribution in [2.24, 2.45) is 0 Å². The first kappa shape index (κ1) is 27.7. The molecule has 10 aromatic rings. The number of hydrogen-bond acceptors (Lipinski definition) is 4. The number of aromatic nitrogens is 3. The lowest BCUT2D eigenvalue weighted by atomic mass is 10.0. The minimum Gasteiger partial charge on any atom is -0.456 e. The van der Waals surface area contributed by atoms with Gasteiger partial charge in [0.15, 0.2) is 0 Å². The minimum absolute atomic E-state index is 0.219. The first-order valence-corrected chi connectivity index (χ1v) is 17.3. The highest BCUT2D eigenvalue weighted by Crippen LogP contribution is 2.42. The van der Waals surface area contributed by atoms with Gasteiger partial charge in [-0.3, -0.25) is 0 Å². The largest absolute Gasteiger partial charge is 0.456 e. The van der Waals surface area contributed by atoms with Crippen LogP contribution in [0.15, 0.2) is 126 Å². The molecule has 0 radical (unpaired) electrons. The first-order valence-electron chi connectivity index (χ1n) is 16.5. The van der Waals surface area contributed by atoms with Gasteiger partial charge in [0.05, 0.1) is 39.1 Å². The predicted molar refractivity (Wildman–Crippen MR) is 200 cm³/mol. The number of hydrogen-bond donors (Lipinski definition) is 0. The lowest BCUT2D eigenvalue weighted by Crippen LogP contribution is -2.12. The third-order valence-electron chi connectivity index (χ3n) is 10.0. The van der Waals surface area contributed by atoms with E-state index in [4.69, 9.17) is 9.15 Å². The number of benzene rings is 5. The summed E-state index contributed by atoms with van der Waals surface area (Å²) in [7, 11) is 1.81. The van der Waals surface area contributed by atoms with Crippen LogP contribution in [0.5, 0.6) is 0 Å². The smallest absolute Gasteiger partial charge is 0.135 e. The van der Waals surface area contributed by atoms with Gasteiger partial charge in [0.2, 0.25) is 0 Å². The average molecular weight is 642 g/mol. The van der Waals surface area contributed by atoms with E-state index >= 15 is 0 Å². The van der Waals surface area contributed by atoms with E-state index in [2.05, 4.69) is 136 Å². The number of para-hydroxylation sites is 2. The van der Waals surface area contributed by atoms with Crippen LogP contribution in [0.25, 0.3) is 86.4 Å². The van der Waals surface area contributed by atoms with Crippen molar-refractivity contribution in [3.05, 3.63) is 127 Å². The van der Waals surface area contributed by atoms with E-state index in [0.29, 0.717) is 0 Å². The Bertz CT molecular complexity index is 2860. The minimum atomic E-state index is 0.219. The van der Waals surface area contributed by atoms with Gasteiger partial charge in [-0.2, -0.15) is 5.10 Å². The molecule has 0 aliphatic rings. The maximum absolute atomic E-state index is 6.40.